The third-order valence-electron chi connectivity index (χ3n) is 5.47. The lowest BCUT2D eigenvalue weighted by atomic mass is 9.95. The number of hydrogen-bond donors (Lipinski definition) is 1. The Bertz CT molecular complexity index is 1130. The van der Waals surface area contributed by atoms with Crippen molar-refractivity contribution in [1.29, 1.82) is 0 Å². The number of piperidine rings is 1. The van der Waals surface area contributed by atoms with Crippen LogP contribution in [-0.4, -0.2) is 33.9 Å². The molecule has 0 saturated carbocycles. The molecule has 170 valence electrons. The highest BCUT2D eigenvalue weighted by atomic mass is 19.4. The zero-order chi connectivity index (χ0) is 23.3. The number of nitrogens with one attached hydrogen (secondary N) is 1. The quantitative estimate of drug-likeness (QED) is 0.496. The molecule has 0 unspecified atom stereocenters. The van der Waals surface area contributed by atoms with E-state index < -0.39 is 40.8 Å². The van der Waals surface area contributed by atoms with Gasteiger partial charge in [-0.15, -0.1) is 0 Å². The summed E-state index contributed by atoms with van der Waals surface area (Å²) >= 11 is 0. The molecule has 1 N–H and O–H groups in total. The van der Waals surface area contributed by atoms with Gasteiger partial charge in [-0.2, -0.15) is 26.3 Å². The van der Waals surface area contributed by atoms with E-state index in [0.29, 0.717) is 41.8 Å². The van der Waals surface area contributed by atoms with Crippen LogP contribution in [0.3, 0.4) is 0 Å². The van der Waals surface area contributed by atoms with Crippen LogP contribution in [0.4, 0.5) is 30.7 Å². The number of hydrogen-bond acceptors (Lipinski definition) is 2. The fraction of sp³-hybridized carbons (Fsp3) is 0.333. The van der Waals surface area contributed by atoms with Crippen LogP contribution in [0, 0.1) is 5.82 Å². The van der Waals surface area contributed by atoms with Crippen LogP contribution in [0.1, 0.15) is 46.1 Å². The van der Waals surface area contributed by atoms with Gasteiger partial charge in [0.05, 0.1) is 22.2 Å². The Labute approximate surface area is 177 Å². The minimum absolute atomic E-state index is 0.00652. The highest BCUT2D eigenvalue weighted by Crippen LogP contribution is 2.37. The molecule has 4 rings (SSSR count). The van der Waals surface area contributed by atoms with Crippen LogP contribution >= 0.6 is 0 Å². The maximum atomic E-state index is 13.4. The number of H-pyrrole nitrogens is 1. The molecule has 11 heteroatoms. The van der Waals surface area contributed by atoms with Crippen molar-refractivity contribution in [1.82, 2.24) is 14.9 Å². The van der Waals surface area contributed by atoms with Crippen molar-refractivity contribution in [3.05, 3.63) is 64.7 Å². The molecule has 4 nitrogen and oxygen atoms in total. The van der Waals surface area contributed by atoms with Gasteiger partial charge in [-0.3, -0.25) is 4.79 Å². The molecular weight excluding hydrogens is 443 g/mol. The van der Waals surface area contributed by atoms with E-state index in [9.17, 15) is 35.5 Å². The summed E-state index contributed by atoms with van der Waals surface area (Å²) in [6.07, 6.45) is -9.24. The second-order valence-corrected chi connectivity index (χ2v) is 7.64. The number of carbonyl (C=O) groups excluding carboxylic acids is 1. The van der Waals surface area contributed by atoms with Crippen LogP contribution in [-0.2, 0) is 12.4 Å². The fourth-order valence-electron chi connectivity index (χ4n) is 3.81. The molecule has 2 heterocycles. The Morgan fingerprint density at radius 1 is 0.938 bits per heavy atom. The number of likely N-dealkylation sites (tertiary alicyclic amines) is 1. The molecule has 0 aliphatic carbocycles. The van der Waals surface area contributed by atoms with Crippen LogP contribution in [0.15, 0.2) is 36.4 Å². The number of aromatic nitrogens is 2. The van der Waals surface area contributed by atoms with Gasteiger partial charge in [0, 0.05) is 24.6 Å². The normalized spacial score (nSPS) is 16.0. The SMILES string of the molecule is O=C(c1cc(C(F)(F)F)cc(C(F)(F)F)c1)N1CCC(c2nc3ccc(F)cc3[nH]2)CC1. The summed E-state index contributed by atoms with van der Waals surface area (Å²) in [6, 6.07) is 4.98. The van der Waals surface area contributed by atoms with E-state index in [0.717, 1.165) is 0 Å². The Kier molecular flexibility index (Phi) is 5.38. The van der Waals surface area contributed by atoms with Crippen LogP contribution < -0.4 is 0 Å². The predicted molar refractivity (Wildman–Crippen MR) is 100 cm³/mol. The van der Waals surface area contributed by atoms with Crippen molar-refractivity contribution >= 4 is 16.9 Å². The molecule has 1 aromatic heterocycles. The average Bonchev–Trinajstić information content (AvgIpc) is 3.15. The van der Waals surface area contributed by atoms with Crippen molar-refractivity contribution in [3.8, 4) is 0 Å². The van der Waals surface area contributed by atoms with E-state index in [1.54, 1.807) is 0 Å². The molecule has 2 aromatic carbocycles. The number of alkyl halides is 6. The van der Waals surface area contributed by atoms with E-state index in [2.05, 4.69) is 9.97 Å². The molecule has 0 spiro atoms. The van der Waals surface area contributed by atoms with E-state index in [-0.39, 0.29) is 25.1 Å². The first-order valence-electron chi connectivity index (χ1n) is 9.66. The number of halogens is 7. The average molecular weight is 459 g/mol. The summed E-state index contributed by atoms with van der Waals surface area (Å²) in [4.78, 5) is 21.4. The van der Waals surface area contributed by atoms with Gasteiger partial charge in [0.1, 0.15) is 11.6 Å². The largest absolute Gasteiger partial charge is 0.416 e. The summed E-state index contributed by atoms with van der Waals surface area (Å²) in [5.41, 5.74) is -2.63. The first-order valence-corrected chi connectivity index (χ1v) is 9.66. The zero-order valence-corrected chi connectivity index (χ0v) is 16.3. The zero-order valence-electron chi connectivity index (χ0n) is 16.3. The van der Waals surface area contributed by atoms with Crippen LogP contribution in [0.25, 0.3) is 11.0 Å². The lowest BCUT2D eigenvalue weighted by molar-refractivity contribution is -0.143. The maximum absolute atomic E-state index is 13.4. The summed E-state index contributed by atoms with van der Waals surface area (Å²) in [6.45, 7) is 0.263. The summed E-state index contributed by atoms with van der Waals surface area (Å²) < 4.78 is 91.8. The van der Waals surface area contributed by atoms with E-state index in [1.165, 1.54) is 23.1 Å². The molecule has 1 amide bonds. The van der Waals surface area contributed by atoms with Crippen molar-refractivity contribution in [2.24, 2.45) is 0 Å². The van der Waals surface area contributed by atoms with Gasteiger partial charge in [-0.25, -0.2) is 9.37 Å². The molecule has 1 fully saturated rings. The number of amides is 1. The molecule has 0 atom stereocenters. The van der Waals surface area contributed by atoms with Gasteiger partial charge >= 0.3 is 12.4 Å². The second-order valence-electron chi connectivity index (χ2n) is 7.64. The Hall–Kier alpha value is -3.11. The third-order valence-corrected chi connectivity index (χ3v) is 5.47. The van der Waals surface area contributed by atoms with Crippen molar-refractivity contribution in [2.75, 3.05) is 13.1 Å². The van der Waals surface area contributed by atoms with Crippen molar-refractivity contribution in [2.45, 2.75) is 31.1 Å². The minimum Gasteiger partial charge on any atom is -0.342 e. The van der Waals surface area contributed by atoms with E-state index in [1.807, 2.05) is 0 Å². The number of carbonyl (C=O) groups is 1. The molecule has 1 aliphatic heterocycles. The Balaban J connectivity index is 1.52. The Morgan fingerprint density at radius 3 is 2.09 bits per heavy atom. The van der Waals surface area contributed by atoms with Gasteiger partial charge in [-0.1, -0.05) is 0 Å². The van der Waals surface area contributed by atoms with Gasteiger partial charge in [0.2, 0.25) is 0 Å². The van der Waals surface area contributed by atoms with Crippen molar-refractivity contribution < 1.29 is 35.5 Å². The smallest absolute Gasteiger partial charge is 0.342 e. The standard InChI is InChI=1S/C21H16F7N3O/c22-15-1-2-16-17(10-15)30-18(29-16)11-3-5-31(6-4-11)19(32)12-7-13(20(23,24)25)9-14(8-12)21(26,27)28/h1-2,7-11H,3-6H2,(H,29,30). The molecule has 1 aliphatic rings. The number of fused-ring (bicyclic) bond motifs is 1. The monoisotopic (exact) mass is 459 g/mol. The molecular formula is C21H16F7N3O. The first-order chi connectivity index (χ1) is 14.9. The fourth-order valence-corrected chi connectivity index (χ4v) is 3.81. The predicted octanol–water partition coefficient (Wildman–Crippen LogP) is 5.76. The van der Waals surface area contributed by atoms with Gasteiger partial charge < -0.3 is 9.88 Å². The lowest BCUT2D eigenvalue weighted by Crippen LogP contribution is -2.38. The third kappa shape index (κ3) is 4.42. The van der Waals surface area contributed by atoms with Gasteiger partial charge in [-0.05, 0) is 49.2 Å². The number of imidazole rings is 1. The number of nitrogens with zero attached hydrogens (tertiary/aromatic N) is 2. The molecule has 1 saturated heterocycles. The van der Waals surface area contributed by atoms with Gasteiger partial charge in [0.15, 0.2) is 0 Å². The number of aromatic amines is 1. The molecule has 0 radical (unpaired) electrons. The first kappa shape index (κ1) is 22.1. The molecule has 0 bridgehead atoms. The van der Waals surface area contributed by atoms with E-state index in [4.69, 9.17) is 0 Å². The highest BCUT2D eigenvalue weighted by Gasteiger charge is 2.38. The Morgan fingerprint density at radius 2 is 1.53 bits per heavy atom. The number of rotatable bonds is 2. The van der Waals surface area contributed by atoms with E-state index >= 15 is 0 Å². The minimum atomic E-state index is -5.02. The highest BCUT2D eigenvalue weighted by molar-refractivity contribution is 5.94. The second kappa shape index (κ2) is 7.79. The molecule has 32 heavy (non-hydrogen) atoms. The summed E-state index contributed by atoms with van der Waals surface area (Å²) in [7, 11) is 0. The lowest BCUT2D eigenvalue weighted by Gasteiger charge is -2.31. The van der Waals surface area contributed by atoms with Crippen LogP contribution in [0.2, 0.25) is 0 Å². The summed E-state index contributed by atoms with van der Waals surface area (Å²) in [5, 5.41) is 0. The number of benzene rings is 2. The van der Waals surface area contributed by atoms with Crippen molar-refractivity contribution in [3.63, 3.8) is 0 Å². The van der Waals surface area contributed by atoms with Gasteiger partial charge in [0.25, 0.3) is 5.91 Å². The topological polar surface area (TPSA) is 49.0 Å². The molecule has 3 aromatic rings. The summed E-state index contributed by atoms with van der Waals surface area (Å²) in [5.74, 6) is -0.836. The van der Waals surface area contributed by atoms with Crippen LogP contribution in [0.5, 0.6) is 0 Å². The maximum Gasteiger partial charge on any atom is 0.416 e.